The molecule has 1 aromatic heterocycles. The fourth-order valence-electron chi connectivity index (χ4n) is 3.17. The molecule has 1 aliphatic heterocycles. The molecular weight excluding hydrogens is 238 g/mol. The van der Waals surface area contributed by atoms with Crippen molar-refractivity contribution in [2.45, 2.75) is 51.7 Å². The highest BCUT2D eigenvalue weighted by Crippen LogP contribution is 2.38. The van der Waals surface area contributed by atoms with Crippen LogP contribution in [0.3, 0.4) is 0 Å². The van der Waals surface area contributed by atoms with Gasteiger partial charge in [0.25, 0.3) is 0 Å². The summed E-state index contributed by atoms with van der Waals surface area (Å²) in [6.07, 6.45) is 5.23. The van der Waals surface area contributed by atoms with Gasteiger partial charge in [0.1, 0.15) is 0 Å². The molecule has 0 aromatic carbocycles. The number of aryl methyl sites for hydroxylation is 2. The normalized spacial score (nSPS) is 31.0. The second kappa shape index (κ2) is 4.91. The van der Waals surface area contributed by atoms with Gasteiger partial charge in [-0.1, -0.05) is 0 Å². The molecule has 2 heterocycles. The fraction of sp³-hybridized carbons (Fsp3) is 0.800. The molecule has 0 spiro atoms. The number of hydrogen-bond donors (Lipinski definition) is 1. The van der Waals surface area contributed by atoms with Gasteiger partial charge in [-0.05, 0) is 45.6 Å². The summed E-state index contributed by atoms with van der Waals surface area (Å²) in [6.45, 7) is 6.26. The third kappa shape index (κ3) is 2.70. The molecule has 1 saturated carbocycles. The molecule has 0 bridgehead atoms. The maximum absolute atomic E-state index is 5.87. The van der Waals surface area contributed by atoms with E-state index < -0.39 is 0 Å². The molecule has 4 heteroatoms. The van der Waals surface area contributed by atoms with Gasteiger partial charge in [-0.25, -0.2) is 0 Å². The van der Waals surface area contributed by atoms with Gasteiger partial charge in [0.15, 0.2) is 0 Å². The highest BCUT2D eigenvalue weighted by Gasteiger charge is 2.42. The molecule has 2 unspecified atom stereocenters. The Balaban J connectivity index is 1.76. The summed E-state index contributed by atoms with van der Waals surface area (Å²) in [5.41, 5.74) is 2.67. The Kier molecular flexibility index (Phi) is 3.39. The van der Waals surface area contributed by atoms with Crippen LogP contribution in [0.15, 0.2) is 6.07 Å². The van der Waals surface area contributed by atoms with Crippen molar-refractivity contribution in [2.75, 3.05) is 13.2 Å². The summed E-state index contributed by atoms with van der Waals surface area (Å²) >= 11 is 0. The lowest BCUT2D eigenvalue weighted by molar-refractivity contribution is 0.0619. The Morgan fingerprint density at radius 3 is 2.84 bits per heavy atom. The van der Waals surface area contributed by atoms with E-state index in [1.54, 1.807) is 0 Å². The third-order valence-corrected chi connectivity index (χ3v) is 4.78. The molecule has 106 valence electrons. The van der Waals surface area contributed by atoms with Crippen LogP contribution in [0.5, 0.6) is 0 Å². The molecule has 2 aliphatic rings. The molecule has 2 atom stereocenters. The Morgan fingerprint density at radius 2 is 2.32 bits per heavy atom. The van der Waals surface area contributed by atoms with E-state index in [4.69, 9.17) is 4.74 Å². The zero-order valence-electron chi connectivity index (χ0n) is 12.3. The summed E-state index contributed by atoms with van der Waals surface area (Å²) < 4.78 is 7.90. The van der Waals surface area contributed by atoms with E-state index in [-0.39, 0.29) is 5.41 Å². The van der Waals surface area contributed by atoms with Gasteiger partial charge in [0.05, 0.1) is 11.8 Å². The van der Waals surface area contributed by atoms with Crippen molar-refractivity contribution in [2.24, 2.45) is 12.5 Å². The van der Waals surface area contributed by atoms with Crippen LogP contribution in [0, 0.1) is 12.3 Å². The zero-order valence-corrected chi connectivity index (χ0v) is 12.3. The fourth-order valence-corrected chi connectivity index (χ4v) is 3.17. The van der Waals surface area contributed by atoms with Gasteiger partial charge < -0.3 is 10.1 Å². The minimum Gasteiger partial charge on any atom is -0.378 e. The summed E-state index contributed by atoms with van der Waals surface area (Å²) in [4.78, 5) is 0. The van der Waals surface area contributed by atoms with Crippen LogP contribution >= 0.6 is 0 Å². The van der Waals surface area contributed by atoms with Gasteiger partial charge in [0, 0.05) is 37.4 Å². The number of hydrogen-bond acceptors (Lipinski definition) is 3. The number of aromatic nitrogens is 2. The maximum Gasteiger partial charge on any atom is 0.0619 e. The molecule has 0 amide bonds. The molecule has 19 heavy (non-hydrogen) atoms. The second-order valence-electron chi connectivity index (χ2n) is 6.36. The van der Waals surface area contributed by atoms with Gasteiger partial charge in [-0.2, -0.15) is 5.10 Å². The van der Waals surface area contributed by atoms with Crippen molar-refractivity contribution in [1.29, 1.82) is 0 Å². The average molecular weight is 263 g/mol. The summed E-state index contributed by atoms with van der Waals surface area (Å²) in [7, 11) is 2.05. The highest BCUT2D eigenvalue weighted by atomic mass is 16.5. The van der Waals surface area contributed by atoms with Crippen molar-refractivity contribution in [3.8, 4) is 0 Å². The Bertz CT molecular complexity index is 452. The summed E-state index contributed by atoms with van der Waals surface area (Å²) in [5, 5.41) is 8.18. The van der Waals surface area contributed by atoms with Crippen LogP contribution in [0.1, 0.15) is 37.6 Å². The topological polar surface area (TPSA) is 39.1 Å². The lowest BCUT2D eigenvalue weighted by Gasteiger charge is -2.32. The van der Waals surface area contributed by atoms with E-state index in [9.17, 15) is 0 Å². The monoisotopic (exact) mass is 263 g/mol. The molecule has 0 radical (unpaired) electrons. The maximum atomic E-state index is 5.87. The first-order chi connectivity index (χ1) is 9.09. The van der Waals surface area contributed by atoms with Crippen molar-refractivity contribution in [3.05, 3.63) is 17.5 Å². The number of nitrogens with zero attached hydrogens (tertiary/aromatic N) is 2. The SMILES string of the molecule is Cc1cc(CC2(CNC3CC3)CCOC2C)n(C)n1. The molecule has 1 N–H and O–H groups in total. The molecule has 2 fully saturated rings. The van der Waals surface area contributed by atoms with Crippen molar-refractivity contribution in [1.82, 2.24) is 15.1 Å². The van der Waals surface area contributed by atoms with Crippen LogP contribution in [0.2, 0.25) is 0 Å². The summed E-state index contributed by atoms with van der Waals surface area (Å²) in [6, 6.07) is 2.97. The van der Waals surface area contributed by atoms with Crippen LogP contribution in [0.25, 0.3) is 0 Å². The molecule has 1 aliphatic carbocycles. The van der Waals surface area contributed by atoms with E-state index in [1.165, 1.54) is 18.5 Å². The first kappa shape index (κ1) is 13.1. The quantitative estimate of drug-likeness (QED) is 0.880. The molecule has 1 aromatic rings. The Labute approximate surface area is 115 Å². The average Bonchev–Trinajstić information content (AvgIpc) is 3.05. The number of nitrogens with one attached hydrogen (secondary N) is 1. The largest absolute Gasteiger partial charge is 0.378 e. The van der Waals surface area contributed by atoms with E-state index >= 15 is 0 Å². The van der Waals surface area contributed by atoms with Crippen molar-refractivity contribution >= 4 is 0 Å². The third-order valence-electron chi connectivity index (χ3n) is 4.78. The van der Waals surface area contributed by atoms with Gasteiger partial charge >= 0.3 is 0 Å². The van der Waals surface area contributed by atoms with Crippen LogP contribution in [-0.4, -0.2) is 35.1 Å². The predicted octanol–water partition coefficient (Wildman–Crippen LogP) is 1.82. The summed E-state index contributed by atoms with van der Waals surface area (Å²) in [5.74, 6) is 0. The smallest absolute Gasteiger partial charge is 0.0619 e. The van der Waals surface area contributed by atoms with E-state index in [0.717, 1.165) is 37.7 Å². The second-order valence-corrected chi connectivity index (χ2v) is 6.36. The molecule has 4 nitrogen and oxygen atoms in total. The highest BCUT2D eigenvalue weighted by molar-refractivity contribution is 5.13. The lowest BCUT2D eigenvalue weighted by atomic mass is 9.77. The van der Waals surface area contributed by atoms with Crippen LogP contribution in [-0.2, 0) is 18.2 Å². The van der Waals surface area contributed by atoms with Gasteiger partial charge in [-0.15, -0.1) is 0 Å². The Morgan fingerprint density at radius 1 is 1.53 bits per heavy atom. The number of ether oxygens (including phenoxy) is 1. The van der Waals surface area contributed by atoms with Gasteiger partial charge in [-0.3, -0.25) is 4.68 Å². The number of rotatable bonds is 5. The standard InChI is InChI=1S/C15H25N3O/c1-11-8-14(18(3)17-11)9-15(6-7-19-12(15)2)10-16-13-4-5-13/h8,12-13,16H,4-7,9-10H2,1-3H3. The first-order valence-electron chi connectivity index (χ1n) is 7.44. The van der Waals surface area contributed by atoms with E-state index in [2.05, 4.69) is 30.3 Å². The van der Waals surface area contributed by atoms with Crippen molar-refractivity contribution < 1.29 is 4.74 Å². The minimum absolute atomic E-state index is 0.239. The molecule has 3 rings (SSSR count). The zero-order chi connectivity index (χ0) is 13.5. The first-order valence-corrected chi connectivity index (χ1v) is 7.44. The van der Waals surface area contributed by atoms with Crippen LogP contribution in [0.4, 0.5) is 0 Å². The van der Waals surface area contributed by atoms with E-state index in [0.29, 0.717) is 6.10 Å². The molecular formula is C15H25N3O. The van der Waals surface area contributed by atoms with Crippen LogP contribution < -0.4 is 5.32 Å². The Hall–Kier alpha value is -0.870. The van der Waals surface area contributed by atoms with Gasteiger partial charge in [0.2, 0.25) is 0 Å². The minimum atomic E-state index is 0.239. The van der Waals surface area contributed by atoms with E-state index in [1.807, 2.05) is 11.7 Å². The van der Waals surface area contributed by atoms with Crippen molar-refractivity contribution in [3.63, 3.8) is 0 Å². The lowest BCUT2D eigenvalue weighted by Crippen LogP contribution is -2.42. The molecule has 1 saturated heterocycles. The predicted molar refractivity (Wildman–Crippen MR) is 75.1 cm³/mol.